The molecule has 3 heterocycles. The number of carboxylic acid groups (broad SMARTS) is 1. The summed E-state index contributed by atoms with van der Waals surface area (Å²) in [6.07, 6.45) is 0.691. The second kappa shape index (κ2) is 6.19. The number of amides is 4. The third kappa shape index (κ3) is 2.75. The van der Waals surface area contributed by atoms with E-state index in [-0.39, 0.29) is 24.0 Å². The highest BCUT2D eigenvalue weighted by Gasteiger charge is 2.44. The minimum Gasteiger partial charge on any atom is -0.481 e. The van der Waals surface area contributed by atoms with Crippen molar-refractivity contribution in [3.05, 3.63) is 29.3 Å². The number of carboxylic acids is 1. The van der Waals surface area contributed by atoms with Gasteiger partial charge in [-0.1, -0.05) is 0 Å². The molecule has 0 bridgehead atoms. The molecular weight excluding hydrogens is 354 g/mol. The van der Waals surface area contributed by atoms with Gasteiger partial charge in [0.25, 0.3) is 11.8 Å². The van der Waals surface area contributed by atoms with E-state index in [1.165, 1.54) is 6.07 Å². The average molecular weight is 371 g/mol. The third-order valence-electron chi connectivity index (χ3n) is 5.33. The lowest BCUT2D eigenvalue weighted by molar-refractivity contribution is -0.141. The van der Waals surface area contributed by atoms with E-state index < -0.39 is 41.6 Å². The number of benzene rings is 1. The van der Waals surface area contributed by atoms with Crippen LogP contribution in [0, 0.1) is 5.92 Å². The molecule has 2 N–H and O–H groups in total. The molecule has 2 saturated heterocycles. The number of aliphatic carboxylic acids is 1. The summed E-state index contributed by atoms with van der Waals surface area (Å²) in [5, 5.41) is 11.3. The summed E-state index contributed by atoms with van der Waals surface area (Å²) in [5.41, 5.74) is 1.08. The number of nitrogens with zero attached hydrogens (tertiary/aromatic N) is 2. The van der Waals surface area contributed by atoms with Gasteiger partial charge in [-0.3, -0.25) is 34.2 Å². The molecule has 0 aromatic heterocycles. The van der Waals surface area contributed by atoms with Gasteiger partial charge in [0.1, 0.15) is 6.04 Å². The fourth-order valence-corrected chi connectivity index (χ4v) is 3.85. The Morgan fingerprint density at radius 3 is 2.48 bits per heavy atom. The Morgan fingerprint density at radius 2 is 1.81 bits per heavy atom. The van der Waals surface area contributed by atoms with Gasteiger partial charge in [0.05, 0.1) is 17.0 Å². The minimum atomic E-state index is -0.998. The molecular formula is C18H17N3O6. The summed E-state index contributed by atoms with van der Waals surface area (Å²) in [5.74, 6) is -3.51. The maximum absolute atomic E-state index is 12.8. The Labute approximate surface area is 153 Å². The van der Waals surface area contributed by atoms with E-state index in [0.717, 1.165) is 4.90 Å². The average Bonchev–Trinajstić information content (AvgIpc) is 3.21. The summed E-state index contributed by atoms with van der Waals surface area (Å²) in [6.45, 7) is 0.891. The van der Waals surface area contributed by atoms with Crippen LogP contribution in [-0.2, 0) is 14.4 Å². The zero-order valence-electron chi connectivity index (χ0n) is 14.3. The highest BCUT2D eigenvalue weighted by Crippen LogP contribution is 2.32. The van der Waals surface area contributed by atoms with Crippen molar-refractivity contribution in [3.8, 4) is 0 Å². The molecule has 0 spiro atoms. The van der Waals surface area contributed by atoms with Crippen LogP contribution < -0.4 is 10.2 Å². The van der Waals surface area contributed by atoms with Crippen molar-refractivity contribution in [1.29, 1.82) is 0 Å². The molecule has 2 unspecified atom stereocenters. The molecule has 4 rings (SSSR count). The van der Waals surface area contributed by atoms with Crippen LogP contribution in [0.5, 0.6) is 0 Å². The lowest BCUT2D eigenvalue weighted by atomic mass is 10.0. The van der Waals surface area contributed by atoms with Crippen molar-refractivity contribution >= 4 is 35.3 Å². The summed E-state index contributed by atoms with van der Waals surface area (Å²) in [4.78, 5) is 62.8. The van der Waals surface area contributed by atoms with Crippen LogP contribution in [0.15, 0.2) is 18.2 Å². The summed E-state index contributed by atoms with van der Waals surface area (Å²) >= 11 is 0. The molecule has 2 fully saturated rings. The summed E-state index contributed by atoms with van der Waals surface area (Å²) in [6, 6.07) is 3.79. The van der Waals surface area contributed by atoms with Gasteiger partial charge in [0.15, 0.2) is 0 Å². The topological polar surface area (TPSA) is 124 Å². The molecule has 9 heteroatoms. The SMILES string of the molecule is O=C1CCC(N2C(=O)c3ccc(N4CCC(C(=O)O)C4)cc3C2=O)C(=O)N1. The number of piperidine rings is 1. The van der Waals surface area contributed by atoms with E-state index >= 15 is 0 Å². The van der Waals surface area contributed by atoms with E-state index in [4.69, 9.17) is 5.11 Å². The number of imide groups is 2. The van der Waals surface area contributed by atoms with Crippen molar-refractivity contribution in [1.82, 2.24) is 10.2 Å². The Kier molecular flexibility index (Phi) is 3.94. The molecule has 0 aliphatic carbocycles. The van der Waals surface area contributed by atoms with E-state index in [0.29, 0.717) is 25.2 Å². The van der Waals surface area contributed by atoms with E-state index in [9.17, 15) is 24.0 Å². The predicted octanol–water partition coefficient (Wildman–Crippen LogP) is -0.00130. The molecule has 1 aromatic carbocycles. The number of carbonyl (C=O) groups is 5. The first kappa shape index (κ1) is 17.2. The normalized spacial score (nSPS) is 25.0. The zero-order valence-corrected chi connectivity index (χ0v) is 14.3. The van der Waals surface area contributed by atoms with E-state index in [2.05, 4.69) is 5.32 Å². The monoisotopic (exact) mass is 371 g/mol. The number of hydrogen-bond acceptors (Lipinski definition) is 6. The van der Waals surface area contributed by atoms with Crippen LogP contribution in [0.3, 0.4) is 0 Å². The summed E-state index contributed by atoms with van der Waals surface area (Å²) in [7, 11) is 0. The van der Waals surface area contributed by atoms with Gasteiger partial charge < -0.3 is 10.0 Å². The van der Waals surface area contributed by atoms with Crippen LogP contribution in [0.1, 0.15) is 40.0 Å². The number of anilines is 1. The molecule has 3 aliphatic heterocycles. The first-order valence-electron chi connectivity index (χ1n) is 8.70. The van der Waals surface area contributed by atoms with Crippen LogP contribution in [0.4, 0.5) is 5.69 Å². The van der Waals surface area contributed by atoms with E-state index in [1.54, 1.807) is 12.1 Å². The lowest BCUT2D eigenvalue weighted by Gasteiger charge is -2.27. The Balaban J connectivity index is 1.60. The highest BCUT2D eigenvalue weighted by molar-refractivity contribution is 6.23. The van der Waals surface area contributed by atoms with Gasteiger partial charge in [0.2, 0.25) is 11.8 Å². The van der Waals surface area contributed by atoms with Crippen molar-refractivity contribution < 1.29 is 29.1 Å². The van der Waals surface area contributed by atoms with Crippen LogP contribution in [-0.4, -0.2) is 58.7 Å². The van der Waals surface area contributed by atoms with Crippen LogP contribution in [0.25, 0.3) is 0 Å². The number of hydrogen-bond donors (Lipinski definition) is 2. The van der Waals surface area contributed by atoms with Crippen molar-refractivity contribution in [3.63, 3.8) is 0 Å². The first-order chi connectivity index (χ1) is 12.9. The van der Waals surface area contributed by atoms with Gasteiger partial charge in [0, 0.05) is 25.2 Å². The highest BCUT2D eigenvalue weighted by atomic mass is 16.4. The second-order valence-electron chi connectivity index (χ2n) is 6.95. The standard InChI is InChI=1S/C18H17N3O6/c22-14-4-3-13(15(23)19-14)21-16(24)11-2-1-10(7-12(11)17(21)25)20-6-5-9(8-20)18(26)27/h1-2,7,9,13H,3-6,8H2,(H,26,27)(H,19,22,23). The molecule has 1 aromatic rings. The molecule has 3 aliphatic rings. The lowest BCUT2D eigenvalue weighted by Crippen LogP contribution is -2.54. The third-order valence-corrected chi connectivity index (χ3v) is 5.33. The van der Waals surface area contributed by atoms with Crippen LogP contribution >= 0.6 is 0 Å². The van der Waals surface area contributed by atoms with Crippen molar-refractivity contribution in [2.45, 2.75) is 25.3 Å². The summed E-state index contributed by atoms with van der Waals surface area (Å²) < 4.78 is 0. The smallest absolute Gasteiger partial charge is 0.308 e. The molecule has 140 valence electrons. The molecule has 0 radical (unpaired) electrons. The first-order valence-corrected chi connectivity index (χ1v) is 8.70. The molecule has 27 heavy (non-hydrogen) atoms. The molecule has 2 atom stereocenters. The van der Waals surface area contributed by atoms with Crippen LogP contribution in [0.2, 0.25) is 0 Å². The van der Waals surface area contributed by atoms with Gasteiger partial charge in [-0.2, -0.15) is 0 Å². The maximum Gasteiger partial charge on any atom is 0.308 e. The fraction of sp³-hybridized carbons (Fsp3) is 0.389. The molecule has 9 nitrogen and oxygen atoms in total. The Hall–Kier alpha value is -3.23. The second-order valence-corrected chi connectivity index (χ2v) is 6.95. The Bertz CT molecular complexity index is 895. The van der Waals surface area contributed by atoms with Gasteiger partial charge in [-0.25, -0.2) is 0 Å². The Morgan fingerprint density at radius 1 is 1.07 bits per heavy atom. The maximum atomic E-state index is 12.8. The van der Waals surface area contributed by atoms with Crippen molar-refractivity contribution in [2.75, 3.05) is 18.0 Å². The quantitative estimate of drug-likeness (QED) is 0.717. The number of rotatable bonds is 3. The van der Waals surface area contributed by atoms with Gasteiger partial charge in [-0.15, -0.1) is 0 Å². The number of fused-ring (bicyclic) bond motifs is 1. The van der Waals surface area contributed by atoms with Gasteiger partial charge in [-0.05, 0) is 31.0 Å². The molecule has 0 saturated carbocycles. The number of carbonyl (C=O) groups excluding carboxylic acids is 4. The largest absolute Gasteiger partial charge is 0.481 e. The molecule has 4 amide bonds. The van der Waals surface area contributed by atoms with E-state index in [1.807, 2.05) is 4.90 Å². The van der Waals surface area contributed by atoms with Crippen molar-refractivity contribution in [2.24, 2.45) is 5.92 Å². The predicted molar refractivity (Wildman–Crippen MR) is 91.1 cm³/mol. The fourth-order valence-electron chi connectivity index (χ4n) is 3.85. The zero-order chi connectivity index (χ0) is 19.3. The minimum absolute atomic E-state index is 0.0689. The van der Waals surface area contributed by atoms with Gasteiger partial charge >= 0.3 is 5.97 Å². The number of nitrogens with one attached hydrogen (secondary N) is 1.